The van der Waals surface area contributed by atoms with Gasteiger partial charge in [-0.3, -0.25) is 19.4 Å². The van der Waals surface area contributed by atoms with Gasteiger partial charge in [0, 0.05) is 17.5 Å². The van der Waals surface area contributed by atoms with E-state index in [1.807, 2.05) is 25.1 Å². The van der Waals surface area contributed by atoms with E-state index in [1.54, 1.807) is 32.2 Å². The number of aliphatic hydroxyl groups excluding tert-OH is 1. The van der Waals surface area contributed by atoms with Crippen molar-refractivity contribution in [1.29, 1.82) is 0 Å². The van der Waals surface area contributed by atoms with Gasteiger partial charge in [0.05, 0.1) is 12.0 Å². The summed E-state index contributed by atoms with van der Waals surface area (Å²) in [6, 6.07) is 9.23. The number of amides is 1. The highest BCUT2D eigenvalue weighted by atomic mass is 16.3. The summed E-state index contributed by atoms with van der Waals surface area (Å²) in [7, 11) is 0. The lowest BCUT2D eigenvalue weighted by atomic mass is 9.70. The molecule has 0 atom stereocenters. The van der Waals surface area contributed by atoms with Gasteiger partial charge in [0.1, 0.15) is 17.1 Å². The molecule has 0 bridgehead atoms. The van der Waals surface area contributed by atoms with Gasteiger partial charge in [0.25, 0.3) is 5.91 Å². The lowest BCUT2D eigenvalue weighted by Crippen LogP contribution is -2.42. The average molecular weight is 378 g/mol. The molecule has 1 amide bonds. The van der Waals surface area contributed by atoms with E-state index in [0.717, 1.165) is 16.8 Å². The molecule has 28 heavy (non-hydrogen) atoms. The van der Waals surface area contributed by atoms with Crippen LogP contribution < -0.4 is 5.32 Å². The zero-order valence-electron chi connectivity index (χ0n) is 16.3. The van der Waals surface area contributed by atoms with E-state index in [1.165, 1.54) is 6.92 Å². The number of Topliss-reactive ketones (excluding diaryl/α,β-unsaturated/α-hetero) is 2. The van der Waals surface area contributed by atoms with Gasteiger partial charge in [-0.25, -0.2) is 0 Å². The van der Waals surface area contributed by atoms with Crippen molar-refractivity contribution in [2.45, 2.75) is 33.1 Å². The number of carbonyl (C=O) groups excluding carboxylic acids is 3. The molecular weight excluding hydrogens is 356 g/mol. The van der Waals surface area contributed by atoms with Crippen molar-refractivity contribution in [2.24, 2.45) is 0 Å². The summed E-state index contributed by atoms with van der Waals surface area (Å²) >= 11 is 0. The number of carbonyl (C=O) groups is 3. The molecule has 6 heteroatoms. The first-order chi connectivity index (χ1) is 13.1. The van der Waals surface area contributed by atoms with Gasteiger partial charge < -0.3 is 10.4 Å². The van der Waals surface area contributed by atoms with Crippen LogP contribution in [0, 0.1) is 6.92 Å². The molecule has 2 N–H and O–H groups in total. The standard InChI is InChI=1S/C22H22N2O4/c1-12-9-15(7-8-23-12)14-5-6-17-16(10-14)19(26)18(20(27)22(17,3)4)21(28)24-11-13(2)25/h5-10,26H,11H2,1-4H3,(H,24,28). The number of hydrogen-bond donors (Lipinski definition) is 2. The quantitative estimate of drug-likeness (QED) is 0.798. The SMILES string of the molecule is CC(=O)CNC(=O)C1=C(O)c2cc(-c3ccnc(C)c3)ccc2C(C)(C)C1=O. The monoisotopic (exact) mass is 378 g/mol. The molecule has 3 rings (SSSR count). The lowest BCUT2D eigenvalue weighted by molar-refractivity contribution is -0.126. The minimum Gasteiger partial charge on any atom is -0.506 e. The number of aliphatic hydroxyl groups is 1. The number of nitrogens with one attached hydrogen (secondary N) is 1. The highest BCUT2D eigenvalue weighted by Crippen LogP contribution is 2.41. The zero-order valence-corrected chi connectivity index (χ0v) is 16.3. The molecule has 0 fully saturated rings. The van der Waals surface area contributed by atoms with Crippen LogP contribution in [0.15, 0.2) is 42.1 Å². The summed E-state index contributed by atoms with van der Waals surface area (Å²) < 4.78 is 0. The molecule has 1 aliphatic carbocycles. The van der Waals surface area contributed by atoms with E-state index in [-0.39, 0.29) is 23.7 Å². The molecule has 1 heterocycles. The Balaban J connectivity index is 2.15. The van der Waals surface area contributed by atoms with E-state index in [0.29, 0.717) is 11.1 Å². The van der Waals surface area contributed by atoms with Crippen molar-refractivity contribution in [2.75, 3.05) is 6.54 Å². The molecule has 0 radical (unpaired) electrons. The molecule has 144 valence electrons. The Morgan fingerprint density at radius 2 is 1.82 bits per heavy atom. The first-order valence-electron chi connectivity index (χ1n) is 8.96. The summed E-state index contributed by atoms with van der Waals surface area (Å²) in [6.07, 6.45) is 1.70. The minimum absolute atomic E-state index is 0.202. The number of hydrogen-bond acceptors (Lipinski definition) is 5. The Morgan fingerprint density at radius 3 is 2.46 bits per heavy atom. The Bertz CT molecular complexity index is 1030. The van der Waals surface area contributed by atoms with Crippen molar-refractivity contribution in [3.8, 4) is 11.1 Å². The van der Waals surface area contributed by atoms with Crippen molar-refractivity contribution in [1.82, 2.24) is 10.3 Å². The molecule has 0 unspecified atom stereocenters. The number of benzene rings is 1. The van der Waals surface area contributed by atoms with Crippen LogP contribution in [-0.2, 0) is 19.8 Å². The first-order valence-corrected chi connectivity index (χ1v) is 8.96. The molecule has 2 aromatic rings. The van der Waals surface area contributed by atoms with Crippen LogP contribution in [0.2, 0.25) is 0 Å². The summed E-state index contributed by atoms with van der Waals surface area (Å²) in [5.41, 5.74) is 2.38. The van der Waals surface area contributed by atoms with E-state index >= 15 is 0 Å². The average Bonchev–Trinajstić information content (AvgIpc) is 2.65. The number of ketones is 2. The molecule has 0 saturated carbocycles. The number of nitrogens with zero attached hydrogens (tertiary/aromatic N) is 1. The van der Waals surface area contributed by atoms with Gasteiger partial charge >= 0.3 is 0 Å². The smallest absolute Gasteiger partial charge is 0.259 e. The van der Waals surface area contributed by atoms with E-state index in [4.69, 9.17) is 0 Å². The topological polar surface area (TPSA) is 96.4 Å². The van der Waals surface area contributed by atoms with Crippen LogP contribution in [0.5, 0.6) is 0 Å². The maximum Gasteiger partial charge on any atom is 0.259 e. The van der Waals surface area contributed by atoms with Crippen LogP contribution >= 0.6 is 0 Å². The number of rotatable bonds is 4. The predicted molar refractivity (Wildman–Crippen MR) is 106 cm³/mol. The third kappa shape index (κ3) is 3.33. The number of fused-ring (bicyclic) bond motifs is 1. The van der Waals surface area contributed by atoms with Crippen LogP contribution in [0.3, 0.4) is 0 Å². The summed E-state index contributed by atoms with van der Waals surface area (Å²) in [5, 5.41) is 13.2. The van der Waals surface area contributed by atoms with E-state index in [2.05, 4.69) is 10.3 Å². The Morgan fingerprint density at radius 1 is 1.14 bits per heavy atom. The van der Waals surface area contributed by atoms with Crippen molar-refractivity contribution in [3.05, 3.63) is 58.9 Å². The fraction of sp³-hybridized carbons (Fsp3) is 0.273. The third-order valence-corrected chi connectivity index (χ3v) is 4.93. The zero-order chi connectivity index (χ0) is 20.6. The second-order valence-corrected chi connectivity index (χ2v) is 7.51. The van der Waals surface area contributed by atoms with Gasteiger partial charge in [-0.2, -0.15) is 0 Å². The van der Waals surface area contributed by atoms with Crippen LogP contribution in [0.25, 0.3) is 16.9 Å². The molecule has 0 aliphatic heterocycles. The normalized spacial score (nSPS) is 15.2. The van der Waals surface area contributed by atoms with Crippen LogP contribution in [0.1, 0.15) is 37.6 Å². The van der Waals surface area contributed by atoms with Crippen molar-refractivity contribution < 1.29 is 19.5 Å². The second-order valence-electron chi connectivity index (χ2n) is 7.51. The molecular formula is C22H22N2O4. The van der Waals surface area contributed by atoms with Crippen molar-refractivity contribution >= 4 is 23.2 Å². The number of pyridine rings is 1. The van der Waals surface area contributed by atoms with Gasteiger partial charge in [0.15, 0.2) is 5.78 Å². The fourth-order valence-corrected chi connectivity index (χ4v) is 3.37. The molecule has 0 spiro atoms. The molecule has 6 nitrogen and oxygen atoms in total. The second kappa shape index (κ2) is 7.03. The molecule has 1 aromatic carbocycles. The number of aryl methyl sites for hydroxylation is 1. The number of aromatic nitrogens is 1. The van der Waals surface area contributed by atoms with Gasteiger partial charge in [-0.15, -0.1) is 0 Å². The predicted octanol–water partition coefficient (Wildman–Crippen LogP) is 2.89. The maximum atomic E-state index is 12.9. The van der Waals surface area contributed by atoms with E-state index < -0.39 is 17.1 Å². The molecule has 1 aromatic heterocycles. The van der Waals surface area contributed by atoms with Gasteiger partial charge in [0.2, 0.25) is 0 Å². The lowest BCUT2D eigenvalue weighted by Gasteiger charge is -2.32. The summed E-state index contributed by atoms with van der Waals surface area (Å²) in [5.74, 6) is -1.84. The molecule has 0 saturated heterocycles. The summed E-state index contributed by atoms with van der Waals surface area (Å²) in [6.45, 7) is 6.45. The van der Waals surface area contributed by atoms with Crippen molar-refractivity contribution in [3.63, 3.8) is 0 Å². The molecule has 1 aliphatic rings. The van der Waals surface area contributed by atoms with Crippen LogP contribution in [-0.4, -0.2) is 34.1 Å². The Labute approximate surface area is 163 Å². The fourth-order valence-electron chi connectivity index (χ4n) is 3.37. The highest BCUT2D eigenvalue weighted by Gasteiger charge is 2.43. The van der Waals surface area contributed by atoms with E-state index in [9.17, 15) is 19.5 Å². The van der Waals surface area contributed by atoms with Gasteiger partial charge in [-0.1, -0.05) is 12.1 Å². The largest absolute Gasteiger partial charge is 0.506 e. The highest BCUT2D eigenvalue weighted by molar-refractivity contribution is 6.28. The van der Waals surface area contributed by atoms with Gasteiger partial charge in [-0.05, 0) is 62.6 Å². The minimum atomic E-state index is -0.989. The maximum absolute atomic E-state index is 12.9. The first kappa shape index (κ1) is 19.5. The summed E-state index contributed by atoms with van der Waals surface area (Å²) in [4.78, 5) is 40.8. The Hall–Kier alpha value is -3.28. The third-order valence-electron chi connectivity index (χ3n) is 4.93. The Kier molecular flexibility index (Phi) is 4.89. The van der Waals surface area contributed by atoms with Crippen LogP contribution in [0.4, 0.5) is 0 Å².